The van der Waals surface area contributed by atoms with E-state index in [2.05, 4.69) is 150 Å². The van der Waals surface area contributed by atoms with Gasteiger partial charge in [-0.3, -0.25) is 0 Å². The number of rotatable bonds is 4. The maximum Gasteiger partial charge on any atom is 0.145 e. The third-order valence-electron chi connectivity index (χ3n) is 10.2. The molecule has 11 aromatic rings. The van der Waals surface area contributed by atoms with Crippen LogP contribution >= 0.6 is 0 Å². The van der Waals surface area contributed by atoms with Crippen molar-refractivity contribution in [3.8, 4) is 39.3 Å². The lowest BCUT2D eigenvalue weighted by molar-refractivity contribution is 0.669. The van der Waals surface area contributed by atoms with Crippen LogP contribution in [0.25, 0.3) is 105 Å². The summed E-state index contributed by atoms with van der Waals surface area (Å²) in [6, 6.07) is 59.5. The third kappa shape index (κ3) is 4.30. The van der Waals surface area contributed by atoms with Gasteiger partial charge in [-0.2, -0.15) is 0 Å². The van der Waals surface area contributed by atoms with E-state index in [1.165, 1.54) is 0 Å². The molecular formula is C47H28N2O2. The van der Waals surface area contributed by atoms with Crippen LogP contribution in [-0.2, 0) is 0 Å². The van der Waals surface area contributed by atoms with E-state index in [4.69, 9.17) is 13.8 Å². The molecule has 0 radical (unpaired) electrons. The average molecular weight is 653 g/mol. The zero-order valence-electron chi connectivity index (χ0n) is 27.4. The third-order valence-corrected chi connectivity index (χ3v) is 10.2. The summed E-state index contributed by atoms with van der Waals surface area (Å²) in [4.78, 5) is 5.31. The first-order chi connectivity index (χ1) is 25.3. The number of nitrogens with zero attached hydrogens (tertiary/aromatic N) is 2. The Labute approximate surface area is 292 Å². The Morgan fingerprint density at radius 3 is 1.82 bits per heavy atom. The highest BCUT2D eigenvalue weighted by atomic mass is 16.3. The minimum atomic E-state index is 0.856. The minimum absolute atomic E-state index is 0.856. The summed E-state index contributed by atoms with van der Waals surface area (Å²) in [5, 5.41) is 6.77. The van der Waals surface area contributed by atoms with E-state index in [1.807, 2.05) is 24.3 Å². The molecule has 0 aliphatic carbocycles. The van der Waals surface area contributed by atoms with E-state index >= 15 is 0 Å². The second-order valence-electron chi connectivity index (χ2n) is 13.1. The smallest absolute Gasteiger partial charge is 0.145 e. The molecule has 11 rings (SSSR count). The maximum absolute atomic E-state index is 6.54. The summed E-state index contributed by atoms with van der Waals surface area (Å²) < 4.78 is 15.2. The molecular weight excluding hydrogens is 625 g/mol. The molecule has 7 aromatic carbocycles. The molecule has 0 spiro atoms. The Morgan fingerprint density at radius 2 is 1.00 bits per heavy atom. The van der Waals surface area contributed by atoms with Crippen LogP contribution in [-0.4, -0.2) is 9.55 Å². The van der Waals surface area contributed by atoms with Crippen LogP contribution in [0.15, 0.2) is 179 Å². The molecule has 4 nitrogen and oxygen atoms in total. The second kappa shape index (κ2) is 10.8. The average Bonchev–Trinajstić information content (AvgIpc) is 3.87. The molecule has 0 fully saturated rings. The van der Waals surface area contributed by atoms with Crippen LogP contribution in [0.1, 0.15) is 0 Å². The Hall–Kier alpha value is -6.91. The summed E-state index contributed by atoms with van der Waals surface area (Å²) in [6.07, 6.45) is 0. The van der Waals surface area contributed by atoms with Gasteiger partial charge in [-0.1, -0.05) is 103 Å². The monoisotopic (exact) mass is 652 g/mol. The molecule has 4 heterocycles. The summed E-state index contributed by atoms with van der Waals surface area (Å²) >= 11 is 0. The second-order valence-corrected chi connectivity index (χ2v) is 13.1. The van der Waals surface area contributed by atoms with Gasteiger partial charge in [0.15, 0.2) is 0 Å². The number of pyridine rings is 1. The van der Waals surface area contributed by atoms with Crippen LogP contribution in [0.5, 0.6) is 0 Å². The maximum atomic E-state index is 6.54. The lowest BCUT2D eigenvalue weighted by atomic mass is 9.99. The molecule has 238 valence electrons. The van der Waals surface area contributed by atoms with E-state index in [1.54, 1.807) is 0 Å². The van der Waals surface area contributed by atoms with Crippen molar-refractivity contribution in [2.24, 2.45) is 0 Å². The zero-order valence-corrected chi connectivity index (χ0v) is 27.4. The normalized spacial score (nSPS) is 11.9. The van der Waals surface area contributed by atoms with Gasteiger partial charge in [-0.15, -0.1) is 0 Å². The Bertz CT molecular complexity index is 3140. The molecule has 0 amide bonds. The Balaban J connectivity index is 1.11. The van der Waals surface area contributed by atoms with Gasteiger partial charge in [-0.25, -0.2) is 4.98 Å². The lowest BCUT2D eigenvalue weighted by Crippen LogP contribution is -1.96. The number of benzene rings is 7. The molecule has 0 atom stereocenters. The SMILES string of the molecule is c1ccc(-c2cc(-c3cccc(-n4c5ccccc5c5c6oc7ccccc7c6ccc54)c3)nc(-c3ccc4c(c3)oc3ccccc34)c2)cc1. The topological polar surface area (TPSA) is 44.1 Å². The molecule has 0 bridgehead atoms. The van der Waals surface area contributed by atoms with Crippen molar-refractivity contribution < 1.29 is 8.83 Å². The zero-order chi connectivity index (χ0) is 33.5. The van der Waals surface area contributed by atoms with E-state index in [0.29, 0.717) is 0 Å². The number of hydrogen-bond acceptors (Lipinski definition) is 3. The van der Waals surface area contributed by atoms with Crippen molar-refractivity contribution >= 4 is 65.7 Å². The number of para-hydroxylation sites is 3. The predicted octanol–water partition coefficient (Wildman–Crippen LogP) is 13.0. The van der Waals surface area contributed by atoms with Crippen LogP contribution in [0.3, 0.4) is 0 Å². The highest BCUT2D eigenvalue weighted by Gasteiger charge is 2.19. The van der Waals surface area contributed by atoms with E-state index < -0.39 is 0 Å². The molecule has 0 saturated carbocycles. The Kier molecular flexibility index (Phi) is 5.92. The lowest BCUT2D eigenvalue weighted by Gasteiger charge is -2.13. The van der Waals surface area contributed by atoms with Crippen molar-refractivity contribution in [1.82, 2.24) is 9.55 Å². The van der Waals surface area contributed by atoms with Crippen molar-refractivity contribution in [2.75, 3.05) is 0 Å². The number of fused-ring (bicyclic) bond motifs is 10. The van der Waals surface area contributed by atoms with Crippen LogP contribution in [0.4, 0.5) is 0 Å². The summed E-state index contributed by atoms with van der Waals surface area (Å²) in [7, 11) is 0. The van der Waals surface area contributed by atoms with Crippen LogP contribution in [0.2, 0.25) is 0 Å². The van der Waals surface area contributed by atoms with Crippen LogP contribution in [0, 0.1) is 0 Å². The molecule has 0 aliphatic rings. The Morgan fingerprint density at radius 1 is 0.373 bits per heavy atom. The van der Waals surface area contributed by atoms with Gasteiger partial charge in [0.1, 0.15) is 22.3 Å². The summed E-state index contributed by atoms with van der Waals surface area (Å²) in [6.45, 7) is 0. The minimum Gasteiger partial charge on any atom is -0.456 e. The largest absolute Gasteiger partial charge is 0.456 e. The van der Waals surface area contributed by atoms with Gasteiger partial charge in [0.2, 0.25) is 0 Å². The molecule has 4 aromatic heterocycles. The van der Waals surface area contributed by atoms with Crippen molar-refractivity contribution in [1.29, 1.82) is 0 Å². The molecule has 0 N–H and O–H groups in total. The van der Waals surface area contributed by atoms with Crippen molar-refractivity contribution in [3.63, 3.8) is 0 Å². The fraction of sp³-hybridized carbons (Fsp3) is 0. The molecule has 0 aliphatic heterocycles. The van der Waals surface area contributed by atoms with Crippen molar-refractivity contribution in [3.05, 3.63) is 170 Å². The molecule has 0 unspecified atom stereocenters. The highest BCUT2D eigenvalue weighted by molar-refractivity contribution is 6.23. The highest BCUT2D eigenvalue weighted by Crippen LogP contribution is 2.41. The fourth-order valence-electron chi connectivity index (χ4n) is 7.83. The van der Waals surface area contributed by atoms with Gasteiger partial charge in [0.05, 0.1) is 27.8 Å². The van der Waals surface area contributed by atoms with E-state index in [9.17, 15) is 0 Å². The van der Waals surface area contributed by atoms with Gasteiger partial charge in [0.25, 0.3) is 0 Å². The first kappa shape index (κ1) is 28.0. The van der Waals surface area contributed by atoms with Gasteiger partial charge >= 0.3 is 0 Å². The summed E-state index contributed by atoms with van der Waals surface area (Å²) in [5.41, 5.74) is 12.9. The standard InChI is InChI=1S/C47H28N2O2/c1-2-11-29(12-3-1)32-26-39(48-40(27-32)31-21-22-36-34-15-5-8-19-43(34)50-45(36)28-31)30-13-10-14-33(25-30)49-41-18-7-4-17-38(41)46-42(49)24-23-37-35-16-6-9-20-44(35)51-47(37)46/h1-28H. The fourth-order valence-corrected chi connectivity index (χ4v) is 7.83. The van der Waals surface area contributed by atoms with Gasteiger partial charge < -0.3 is 13.4 Å². The molecule has 4 heteroatoms. The first-order valence-corrected chi connectivity index (χ1v) is 17.2. The number of hydrogen-bond donors (Lipinski definition) is 0. The van der Waals surface area contributed by atoms with Gasteiger partial charge in [-0.05, 0) is 77.9 Å². The quantitative estimate of drug-likeness (QED) is 0.190. The molecule has 0 saturated heterocycles. The molecule has 51 heavy (non-hydrogen) atoms. The van der Waals surface area contributed by atoms with E-state index in [-0.39, 0.29) is 0 Å². The van der Waals surface area contributed by atoms with E-state index in [0.717, 1.165) is 105 Å². The first-order valence-electron chi connectivity index (χ1n) is 17.2. The predicted molar refractivity (Wildman–Crippen MR) is 209 cm³/mol. The van der Waals surface area contributed by atoms with Gasteiger partial charge in [0, 0.05) is 43.7 Å². The van der Waals surface area contributed by atoms with Crippen LogP contribution < -0.4 is 0 Å². The number of aromatic nitrogens is 2. The summed E-state index contributed by atoms with van der Waals surface area (Å²) in [5.74, 6) is 0. The number of furan rings is 2. The van der Waals surface area contributed by atoms with Crippen molar-refractivity contribution in [2.45, 2.75) is 0 Å².